The lowest BCUT2D eigenvalue weighted by Crippen LogP contribution is -2.34. The number of amides is 2. The highest BCUT2D eigenvalue weighted by atomic mass is 35.5. The van der Waals surface area contributed by atoms with E-state index in [9.17, 15) is 14.4 Å². The first-order valence-electron chi connectivity index (χ1n) is 8.82. The molecular formula is C18H15ClN6O4S. The van der Waals surface area contributed by atoms with Gasteiger partial charge >= 0.3 is 5.97 Å². The molecule has 2 unspecified atom stereocenters. The summed E-state index contributed by atoms with van der Waals surface area (Å²) in [6, 6.07) is 5.12. The largest absolute Gasteiger partial charge is 0.452 e. The zero-order valence-corrected chi connectivity index (χ0v) is 17.1. The third-order valence-electron chi connectivity index (χ3n) is 4.26. The summed E-state index contributed by atoms with van der Waals surface area (Å²) in [5, 5.41) is 5.13. The van der Waals surface area contributed by atoms with Gasteiger partial charge in [-0.05, 0) is 25.1 Å². The van der Waals surface area contributed by atoms with Crippen LogP contribution in [0.4, 0.5) is 11.5 Å². The van der Waals surface area contributed by atoms with E-state index in [-0.39, 0.29) is 18.1 Å². The van der Waals surface area contributed by atoms with Crippen LogP contribution in [0.2, 0.25) is 5.02 Å². The molecule has 1 aromatic carbocycles. The first-order chi connectivity index (χ1) is 14.4. The van der Waals surface area contributed by atoms with Gasteiger partial charge in [-0.25, -0.2) is 15.0 Å². The van der Waals surface area contributed by atoms with Gasteiger partial charge in [-0.3, -0.25) is 14.4 Å². The van der Waals surface area contributed by atoms with E-state index in [1.165, 1.54) is 31.3 Å². The highest BCUT2D eigenvalue weighted by Gasteiger charge is 2.31. The third kappa shape index (κ3) is 4.21. The number of nitrogens with one attached hydrogen (secondary N) is 3. The summed E-state index contributed by atoms with van der Waals surface area (Å²) in [6.45, 7) is 1.43. The van der Waals surface area contributed by atoms with Crippen LogP contribution >= 0.6 is 23.4 Å². The van der Waals surface area contributed by atoms with Crippen molar-refractivity contribution in [2.75, 3.05) is 10.6 Å². The minimum atomic E-state index is -1.09. The van der Waals surface area contributed by atoms with E-state index in [1.54, 1.807) is 18.2 Å². The second-order valence-electron chi connectivity index (χ2n) is 6.39. The number of benzene rings is 1. The lowest BCUT2D eigenvalue weighted by atomic mass is 10.2. The minimum Gasteiger partial charge on any atom is -0.452 e. The van der Waals surface area contributed by atoms with Gasteiger partial charge in [-0.2, -0.15) is 0 Å². The van der Waals surface area contributed by atoms with E-state index in [0.717, 1.165) is 4.90 Å². The van der Waals surface area contributed by atoms with Crippen molar-refractivity contribution in [3.63, 3.8) is 0 Å². The molecule has 1 aliphatic heterocycles. The number of nitrogens with zero attached hydrogens (tertiary/aromatic N) is 3. The quantitative estimate of drug-likeness (QED) is 0.507. The van der Waals surface area contributed by atoms with Crippen LogP contribution in [0.25, 0.3) is 11.2 Å². The molecule has 2 amide bonds. The van der Waals surface area contributed by atoms with Crippen LogP contribution in [-0.2, 0) is 19.1 Å². The van der Waals surface area contributed by atoms with Crippen LogP contribution in [-0.4, -0.2) is 49.1 Å². The summed E-state index contributed by atoms with van der Waals surface area (Å²) in [7, 11) is 0. The molecule has 12 heteroatoms. The average Bonchev–Trinajstić information content (AvgIpc) is 3.18. The Morgan fingerprint density at radius 3 is 3.00 bits per heavy atom. The fraction of sp³-hybridized carbons (Fsp3) is 0.222. The molecule has 0 saturated heterocycles. The number of imidazole rings is 1. The molecule has 0 bridgehead atoms. The molecule has 4 rings (SSSR count). The van der Waals surface area contributed by atoms with Crippen molar-refractivity contribution in [3.05, 3.63) is 35.9 Å². The Kier molecular flexibility index (Phi) is 5.55. The number of halogens is 1. The van der Waals surface area contributed by atoms with Gasteiger partial charge in [0.25, 0.3) is 5.91 Å². The molecule has 1 aliphatic rings. The molecule has 154 valence electrons. The molecule has 10 nitrogen and oxygen atoms in total. The van der Waals surface area contributed by atoms with Crippen LogP contribution in [0.1, 0.15) is 13.3 Å². The number of thioether (sulfide) groups is 1. The van der Waals surface area contributed by atoms with Crippen molar-refractivity contribution >= 4 is 63.8 Å². The maximum atomic E-state index is 12.4. The van der Waals surface area contributed by atoms with E-state index in [2.05, 4.69) is 30.6 Å². The normalized spacial score (nSPS) is 16.5. The van der Waals surface area contributed by atoms with Crippen molar-refractivity contribution < 1.29 is 19.1 Å². The first-order valence-corrected chi connectivity index (χ1v) is 10.1. The lowest BCUT2D eigenvalue weighted by Gasteiger charge is -2.24. The number of anilines is 2. The van der Waals surface area contributed by atoms with E-state index < -0.39 is 23.2 Å². The number of hydrogen-bond donors (Lipinski definition) is 3. The van der Waals surface area contributed by atoms with Crippen LogP contribution in [0.5, 0.6) is 0 Å². The SMILES string of the molecule is CC(OC(=O)CC1Sc2ccc(Cl)cc2NC1=O)C(=O)Nc1ncnc2nc[nH]c12. The Bertz CT molecular complexity index is 1150. The summed E-state index contributed by atoms with van der Waals surface area (Å²) in [5.41, 5.74) is 1.45. The zero-order valence-electron chi connectivity index (χ0n) is 15.5. The Labute approximate surface area is 179 Å². The molecule has 2 aromatic heterocycles. The van der Waals surface area contributed by atoms with Gasteiger partial charge in [0.2, 0.25) is 5.91 Å². The number of H-pyrrole nitrogens is 1. The Balaban J connectivity index is 1.35. The highest BCUT2D eigenvalue weighted by molar-refractivity contribution is 8.01. The minimum absolute atomic E-state index is 0.186. The maximum Gasteiger partial charge on any atom is 0.308 e. The van der Waals surface area contributed by atoms with Crippen molar-refractivity contribution in [1.82, 2.24) is 19.9 Å². The average molecular weight is 447 g/mol. The number of carbonyl (C=O) groups excluding carboxylic acids is 3. The molecule has 0 fully saturated rings. The second kappa shape index (κ2) is 8.28. The highest BCUT2D eigenvalue weighted by Crippen LogP contribution is 2.38. The summed E-state index contributed by atoms with van der Waals surface area (Å²) < 4.78 is 5.20. The standard InChI is InChI=1S/C18H15ClN6O4S/c1-8(17(27)25-16-14-15(21-6-20-14)22-7-23-16)29-13(26)5-12-18(28)24-10-4-9(19)2-3-11(10)30-12/h2-4,6-8,12H,5H2,1H3,(H,24,28)(H2,20,21,22,23,25,27). The van der Waals surface area contributed by atoms with E-state index in [1.807, 2.05) is 0 Å². The molecule has 3 heterocycles. The number of aromatic amines is 1. The van der Waals surface area contributed by atoms with E-state index in [0.29, 0.717) is 21.9 Å². The fourth-order valence-corrected chi connectivity index (χ4v) is 4.03. The molecule has 3 N–H and O–H groups in total. The van der Waals surface area contributed by atoms with Crippen LogP contribution in [0, 0.1) is 0 Å². The first kappa shape index (κ1) is 20.1. The van der Waals surface area contributed by atoms with Gasteiger partial charge in [0.05, 0.1) is 23.7 Å². The molecule has 30 heavy (non-hydrogen) atoms. The maximum absolute atomic E-state index is 12.4. The van der Waals surface area contributed by atoms with Crippen LogP contribution < -0.4 is 10.6 Å². The van der Waals surface area contributed by atoms with Crippen LogP contribution in [0.15, 0.2) is 35.7 Å². The Morgan fingerprint density at radius 1 is 1.33 bits per heavy atom. The van der Waals surface area contributed by atoms with E-state index in [4.69, 9.17) is 16.3 Å². The summed E-state index contributed by atoms with van der Waals surface area (Å²) >= 11 is 7.17. The third-order valence-corrected chi connectivity index (χ3v) is 5.77. The number of carbonyl (C=O) groups is 3. The Hall–Kier alpha value is -3.18. The Morgan fingerprint density at radius 2 is 2.17 bits per heavy atom. The fourth-order valence-electron chi connectivity index (χ4n) is 2.79. The predicted octanol–water partition coefficient (Wildman–Crippen LogP) is 2.38. The number of ether oxygens (including phenoxy) is 1. The van der Waals surface area contributed by atoms with Crippen molar-refractivity contribution in [2.24, 2.45) is 0 Å². The lowest BCUT2D eigenvalue weighted by molar-refractivity contribution is -0.153. The van der Waals surface area contributed by atoms with Gasteiger partial charge in [0.1, 0.15) is 11.8 Å². The summed E-state index contributed by atoms with van der Waals surface area (Å²) in [4.78, 5) is 52.5. The molecular weight excluding hydrogens is 432 g/mol. The van der Waals surface area contributed by atoms with Gasteiger partial charge in [-0.15, -0.1) is 11.8 Å². The molecule has 0 spiro atoms. The van der Waals surface area contributed by atoms with Crippen LogP contribution in [0.3, 0.4) is 0 Å². The van der Waals surface area contributed by atoms with Crippen molar-refractivity contribution in [2.45, 2.75) is 29.6 Å². The molecule has 2 atom stereocenters. The summed E-state index contributed by atoms with van der Waals surface area (Å²) in [6.07, 6.45) is 1.42. The monoisotopic (exact) mass is 446 g/mol. The summed E-state index contributed by atoms with van der Waals surface area (Å²) in [5.74, 6) is -1.34. The van der Waals surface area contributed by atoms with Crippen molar-refractivity contribution in [1.29, 1.82) is 0 Å². The second-order valence-corrected chi connectivity index (χ2v) is 8.07. The number of fused-ring (bicyclic) bond motifs is 2. The van der Waals surface area contributed by atoms with E-state index >= 15 is 0 Å². The smallest absolute Gasteiger partial charge is 0.308 e. The number of esters is 1. The predicted molar refractivity (Wildman–Crippen MR) is 110 cm³/mol. The number of aromatic nitrogens is 4. The zero-order chi connectivity index (χ0) is 21.3. The number of hydrogen-bond acceptors (Lipinski definition) is 8. The molecule has 0 aliphatic carbocycles. The van der Waals surface area contributed by atoms with Gasteiger partial charge in [0, 0.05) is 9.92 Å². The van der Waals surface area contributed by atoms with Gasteiger partial charge in [-0.1, -0.05) is 11.6 Å². The molecule has 0 saturated carbocycles. The topological polar surface area (TPSA) is 139 Å². The van der Waals surface area contributed by atoms with Crippen molar-refractivity contribution in [3.8, 4) is 0 Å². The number of rotatable bonds is 5. The molecule has 3 aromatic rings. The van der Waals surface area contributed by atoms with Gasteiger partial charge in [0.15, 0.2) is 17.6 Å². The molecule has 0 radical (unpaired) electrons. The van der Waals surface area contributed by atoms with Gasteiger partial charge < -0.3 is 20.4 Å².